The molecule has 270 valence electrons. The number of carbonyl (C=O) groups is 3. The first-order chi connectivity index (χ1) is 24.3. The number of ether oxygens (including phenoxy) is 1. The molecule has 0 heterocycles. The number of esters is 1. The van der Waals surface area contributed by atoms with Gasteiger partial charge in [0.2, 0.25) is 5.91 Å². The smallest absolute Gasteiger partial charge is 0.412 e. The van der Waals surface area contributed by atoms with Crippen molar-refractivity contribution in [1.82, 2.24) is 5.32 Å². The number of amides is 1. The highest BCUT2D eigenvalue weighted by atomic mass is 28.4. The summed E-state index contributed by atoms with van der Waals surface area (Å²) in [4.78, 5) is 41.9. The lowest BCUT2D eigenvalue weighted by Gasteiger charge is -2.48. The molecule has 8 heteroatoms. The minimum Gasteiger partial charge on any atom is -0.492 e. The van der Waals surface area contributed by atoms with Crippen LogP contribution in [0, 0.1) is 5.92 Å². The van der Waals surface area contributed by atoms with Gasteiger partial charge in [0.05, 0.1) is 12.3 Å². The van der Waals surface area contributed by atoms with Gasteiger partial charge < -0.3 is 18.9 Å². The predicted molar refractivity (Wildman–Crippen MR) is 204 cm³/mol. The molecule has 4 rings (SSSR count). The molecular weight excluding hydrogens is 655 g/mol. The highest BCUT2D eigenvalue weighted by Crippen LogP contribution is 2.52. The van der Waals surface area contributed by atoms with Crippen molar-refractivity contribution in [2.45, 2.75) is 90.0 Å². The summed E-state index contributed by atoms with van der Waals surface area (Å²) in [5.41, 5.74) is 3.76. The van der Waals surface area contributed by atoms with Crippen molar-refractivity contribution in [3.63, 3.8) is 0 Å². The standard InChI is InChI=1S/C43H53NO6Si/c1-42(2,3)51(43(4,5)6,49-28-27-33-19-11-7-12-20-33)50-41(47)38(30-35-23-15-9-16-24-35)44-40(46)37(29-34-21-13-8-14-22-34)31-39(45)48-32-36-25-17-10-18-26-36/h7-26,37-38H,27-32H2,1-6H3,(H,44,46)/t37-,38+/m1/s1. The summed E-state index contributed by atoms with van der Waals surface area (Å²) in [6.07, 6.45) is 1.03. The largest absolute Gasteiger partial charge is 0.492 e. The molecule has 1 amide bonds. The Morgan fingerprint density at radius 3 is 1.57 bits per heavy atom. The lowest BCUT2D eigenvalue weighted by Crippen LogP contribution is -2.61. The molecule has 0 aliphatic carbocycles. The third-order valence-electron chi connectivity index (χ3n) is 8.99. The fourth-order valence-electron chi connectivity index (χ4n) is 6.55. The van der Waals surface area contributed by atoms with Crippen LogP contribution in [0.5, 0.6) is 0 Å². The van der Waals surface area contributed by atoms with E-state index in [1.54, 1.807) is 0 Å². The first-order valence-electron chi connectivity index (χ1n) is 17.8. The molecular formula is C43H53NO6Si. The summed E-state index contributed by atoms with van der Waals surface area (Å²) in [5.74, 6) is -2.24. The Hall–Kier alpha value is -4.53. The predicted octanol–water partition coefficient (Wildman–Crippen LogP) is 8.55. The minimum absolute atomic E-state index is 0.110. The molecule has 1 N–H and O–H groups in total. The molecule has 0 fully saturated rings. The van der Waals surface area contributed by atoms with Gasteiger partial charge in [0.1, 0.15) is 12.6 Å². The molecule has 0 aromatic heterocycles. The van der Waals surface area contributed by atoms with Gasteiger partial charge in [-0.25, -0.2) is 0 Å². The lowest BCUT2D eigenvalue weighted by molar-refractivity contribution is -0.148. The van der Waals surface area contributed by atoms with Gasteiger partial charge in [0, 0.05) is 23.1 Å². The zero-order valence-electron chi connectivity index (χ0n) is 30.9. The third-order valence-corrected chi connectivity index (χ3v) is 14.0. The van der Waals surface area contributed by atoms with Crippen LogP contribution in [0.2, 0.25) is 10.1 Å². The van der Waals surface area contributed by atoms with Crippen molar-refractivity contribution in [3.05, 3.63) is 144 Å². The topological polar surface area (TPSA) is 90.9 Å². The van der Waals surface area contributed by atoms with Crippen LogP contribution in [-0.4, -0.2) is 39.1 Å². The Labute approximate surface area is 305 Å². The Morgan fingerprint density at radius 2 is 1.08 bits per heavy atom. The van der Waals surface area contributed by atoms with E-state index in [4.69, 9.17) is 13.6 Å². The fraction of sp³-hybridized carbons (Fsp3) is 0.372. The number of carbonyl (C=O) groups excluding carboxylic acids is 3. The maximum atomic E-state index is 14.5. The Morgan fingerprint density at radius 1 is 0.627 bits per heavy atom. The van der Waals surface area contributed by atoms with Gasteiger partial charge >= 0.3 is 20.5 Å². The molecule has 4 aromatic rings. The molecule has 0 spiro atoms. The zero-order chi connectivity index (χ0) is 36.9. The number of hydrogen-bond donors (Lipinski definition) is 1. The first-order valence-corrected chi connectivity index (χ1v) is 19.6. The van der Waals surface area contributed by atoms with Crippen LogP contribution in [0.4, 0.5) is 0 Å². The van der Waals surface area contributed by atoms with Crippen molar-refractivity contribution >= 4 is 26.4 Å². The van der Waals surface area contributed by atoms with Gasteiger partial charge in [-0.2, -0.15) is 0 Å². The summed E-state index contributed by atoms with van der Waals surface area (Å²) in [5, 5.41) is 2.01. The third kappa shape index (κ3) is 11.5. The second-order valence-corrected chi connectivity index (χ2v) is 19.8. The zero-order valence-corrected chi connectivity index (χ0v) is 31.9. The quantitative estimate of drug-likeness (QED) is 0.0928. The van der Waals surface area contributed by atoms with Crippen molar-refractivity contribution < 1.29 is 28.0 Å². The first kappa shape index (κ1) is 39.3. The van der Waals surface area contributed by atoms with Crippen molar-refractivity contribution in [1.29, 1.82) is 0 Å². The van der Waals surface area contributed by atoms with Gasteiger partial charge in [-0.1, -0.05) is 163 Å². The van der Waals surface area contributed by atoms with Crippen LogP contribution in [-0.2, 0) is 53.8 Å². The summed E-state index contributed by atoms with van der Waals surface area (Å²) >= 11 is 0. The number of nitrogens with one attached hydrogen (secondary N) is 1. The SMILES string of the molecule is CC(C)(C)[Si](OCCc1ccccc1)(OC(=O)[C@H](Cc1ccccc1)NC(=O)[C@@H](CC(=O)OCc1ccccc1)Cc1ccccc1)C(C)(C)C. The van der Waals surface area contributed by atoms with E-state index in [-0.39, 0.29) is 19.4 Å². The van der Waals surface area contributed by atoms with Gasteiger partial charge in [-0.3, -0.25) is 14.4 Å². The van der Waals surface area contributed by atoms with E-state index in [1.165, 1.54) is 0 Å². The van der Waals surface area contributed by atoms with Crippen molar-refractivity contribution in [3.8, 4) is 0 Å². The summed E-state index contributed by atoms with van der Waals surface area (Å²) in [7, 11) is -3.38. The molecule has 7 nitrogen and oxygen atoms in total. The van der Waals surface area contributed by atoms with Gasteiger partial charge in [0.15, 0.2) is 0 Å². The number of rotatable bonds is 16. The number of benzene rings is 4. The molecule has 2 atom stereocenters. The van der Waals surface area contributed by atoms with E-state index in [9.17, 15) is 14.4 Å². The summed E-state index contributed by atoms with van der Waals surface area (Å²) in [6, 6.07) is 37.6. The molecule has 51 heavy (non-hydrogen) atoms. The molecule has 0 saturated heterocycles. The average molecular weight is 708 g/mol. The van der Waals surface area contributed by atoms with E-state index in [2.05, 4.69) is 59.0 Å². The average Bonchev–Trinajstić information content (AvgIpc) is 3.10. The molecule has 0 saturated carbocycles. The van der Waals surface area contributed by atoms with E-state index < -0.39 is 48.4 Å². The Bertz CT molecular complexity index is 1650. The highest BCUT2D eigenvalue weighted by Gasteiger charge is 2.61. The van der Waals surface area contributed by atoms with Gasteiger partial charge in [0.25, 0.3) is 0 Å². The molecule has 0 radical (unpaired) electrons. The van der Waals surface area contributed by atoms with Gasteiger partial charge in [-0.05, 0) is 35.1 Å². The molecule has 4 aromatic carbocycles. The van der Waals surface area contributed by atoms with Crippen LogP contribution in [0.3, 0.4) is 0 Å². The maximum Gasteiger partial charge on any atom is 0.412 e. The Kier molecular flexibility index (Phi) is 13.9. The summed E-state index contributed by atoms with van der Waals surface area (Å²) in [6.45, 7) is 12.8. The number of hydrogen-bond acceptors (Lipinski definition) is 6. The fourth-order valence-corrected chi connectivity index (χ4v) is 11.2. The van der Waals surface area contributed by atoms with E-state index in [0.717, 1.165) is 22.3 Å². The molecule has 0 bridgehead atoms. The molecule has 0 unspecified atom stereocenters. The highest BCUT2D eigenvalue weighted by molar-refractivity contribution is 6.74. The molecule has 0 aliphatic rings. The molecule has 0 aliphatic heterocycles. The minimum atomic E-state index is -3.38. The Balaban J connectivity index is 1.60. The van der Waals surface area contributed by atoms with E-state index >= 15 is 0 Å². The lowest BCUT2D eigenvalue weighted by atomic mass is 9.94. The van der Waals surface area contributed by atoms with Crippen molar-refractivity contribution in [2.75, 3.05) is 6.61 Å². The summed E-state index contributed by atoms with van der Waals surface area (Å²) < 4.78 is 19.1. The van der Waals surface area contributed by atoms with E-state index in [0.29, 0.717) is 19.4 Å². The van der Waals surface area contributed by atoms with Crippen LogP contribution in [0.15, 0.2) is 121 Å². The van der Waals surface area contributed by atoms with Crippen LogP contribution >= 0.6 is 0 Å². The maximum absolute atomic E-state index is 14.5. The monoisotopic (exact) mass is 707 g/mol. The van der Waals surface area contributed by atoms with E-state index in [1.807, 2.05) is 109 Å². The van der Waals surface area contributed by atoms with Crippen molar-refractivity contribution in [2.24, 2.45) is 5.92 Å². The second-order valence-electron chi connectivity index (χ2n) is 15.1. The van der Waals surface area contributed by atoms with Crippen LogP contribution < -0.4 is 5.32 Å². The van der Waals surface area contributed by atoms with Crippen LogP contribution in [0.25, 0.3) is 0 Å². The normalized spacial score (nSPS) is 13.1. The second kappa shape index (κ2) is 18.1. The van der Waals surface area contributed by atoms with Gasteiger partial charge in [-0.15, -0.1) is 0 Å². The van der Waals surface area contributed by atoms with Crippen LogP contribution in [0.1, 0.15) is 70.2 Å².